The van der Waals surface area contributed by atoms with E-state index in [1.807, 2.05) is 31.2 Å². The van der Waals surface area contributed by atoms with Crippen molar-refractivity contribution in [1.29, 1.82) is 0 Å². The van der Waals surface area contributed by atoms with Gasteiger partial charge in [-0.25, -0.2) is 0 Å². The highest BCUT2D eigenvalue weighted by Crippen LogP contribution is 2.42. The minimum atomic E-state index is -0.657. The van der Waals surface area contributed by atoms with Crippen LogP contribution < -0.4 is 15.1 Å². The molecular weight excluding hydrogens is 470 g/mol. The summed E-state index contributed by atoms with van der Waals surface area (Å²) >= 11 is 4.72. The Morgan fingerprint density at radius 1 is 1.13 bits per heavy atom. The fourth-order valence-electron chi connectivity index (χ4n) is 3.62. The van der Waals surface area contributed by atoms with Crippen LogP contribution in [0.15, 0.2) is 56.1 Å². The fraction of sp³-hybridized carbons (Fsp3) is 0.143. The number of benzene rings is 2. The van der Waals surface area contributed by atoms with Crippen LogP contribution in [0.5, 0.6) is 5.75 Å². The third-order valence-electron chi connectivity index (χ3n) is 4.99. The summed E-state index contributed by atoms with van der Waals surface area (Å²) in [4.78, 5) is 28.4. The van der Waals surface area contributed by atoms with Crippen LogP contribution in [0.25, 0.3) is 11.0 Å². The molecule has 0 N–H and O–H groups in total. The zero-order chi connectivity index (χ0) is 21.0. The van der Waals surface area contributed by atoms with E-state index in [0.29, 0.717) is 27.4 Å². The highest BCUT2D eigenvalue weighted by atomic mass is 79.9. The number of methoxy groups -OCH3 is 1. The molecule has 0 saturated heterocycles. The quantitative estimate of drug-likeness (QED) is 0.427. The van der Waals surface area contributed by atoms with Crippen molar-refractivity contribution < 1.29 is 13.9 Å². The molecule has 1 aliphatic rings. The number of anilines is 1. The van der Waals surface area contributed by atoms with E-state index in [2.05, 4.69) is 26.1 Å². The average Bonchev–Trinajstić information content (AvgIpc) is 3.29. The Morgan fingerprint density at radius 2 is 1.90 bits per heavy atom. The number of nitrogens with zero attached hydrogens (tertiary/aromatic N) is 3. The van der Waals surface area contributed by atoms with Crippen LogP contribution in [0.3, 0.4) is 0 Å². The Balaban J connectivity index is 1.80. The molecule has 7 nitrogen and oxygen atoms in total. The van der Waals surface area contributed by atoms with Crippen LogP contribution >= 0.6 is 27.3 Å². The van der Waals surface area contributed by atoms with Gasteiger partial charge >= 0.3 is 0 Å². The zero-order valence-electron chi connectivity index (χ0n) is 15.9. The monoisotopic (exact) mass is 483 g/mol. The highest BCUT2D eigenvalue weighted by Gasteiger charge is 2.45. The molecule has 1 atom stereocenters. The number of carbonyl (C=O) groups excluding carboxylic acids is 1. The van der Waals surface area contributed by atoms with Crippen molar-refractivity contribution in [3.63, 3.8) is 0 Å². The van der Waals surface area contributed by atoms with Gasteiger partial charge in [-0.1, -0.05) is 39.4 Å². The van der Waals surface area contributed by atoms with Crippen molar-refractivity contribution in [2.75, 3.05) is 12.0 Å². The zero-order valence-corrected chi connectivity index (χ0v) is 18.3. The molecule has 3 heterocycles. The number of aryl methyl sites for hydroxylation is 1. The van der Waals surface area contributed by atoms with Crippen molar-refractivity contribution in [2.24, 2.45) is 0 Å². The molecule has 0 saturated carbocycles. The van der Waals surface area contributed by atoms with Crippen LogP contribution in [-0.2, 0) is 0 Å². The number of ether oxygens (including phenoxy) is 1. The lowest BCUT2D eigenvalue weighted by atomic mass is 9.99. The molecular formula is C21H14BrN3O4S. The van der Waals surface area contributed by atoms with Crippen LogP contribution in [0.1, 0.15) is 32.7 Å². The first-order chi connectivity index (χ1) is 14.5. The summed E-state index contributed by atoms with van der Waals surface area (Å²) in [7, 11) is 1.53. The molecule has 0 aliphatic carbocycles. The molecule has 150 valence electrons. The van der Waals surface area contributed by atoms with Crippen molar-refractivity contribution in [2.45, 2.75) is 13.0 Å². The summed E-state index contributed by atoms with van der Waals surface area (Å²) in [5, 5.41) is 9.72. The normalized spacial score (nSPS) is 15.6. The lowest BCUT2D eigenvalue weighted by Gasteiger charge is -2.22. The SMILES string of the molecule is COc1ccc2c(=O)c3c(oc2c1)C(=O)N(c1nnc(C)s1)[C@@H]3c1ccc(Br)cc1. The lowest BCUT2D eigenvalue weighted by Crippen LogP contribution is -2.29. The van der Waals surface area contributed by atoms with E-state index in [0.717, 1.165) is 15.0 Å². The Bertz CT molecular complexity index is 1360. The molecule has 5 rings (SSSR count). The molecule has 4 aromatic rings. The van der Waals surface area contributed by atoms with Gasteiger partial charge in [0.25, 0.3) is 5.91 Å². The summed E-state index contributed by atoms with van der Waals surface area (Å²) in [6, 6.07) is 11.8. The molecule has 0 spiro atoms. The Labute approximate surface area is 183 Å². The predicted octanol–water partition coefficient (Wildman–Crippen LogP) is 4.47. The second-order valence-electron chi connectivity index (χ2n) is 6.77. The van der Waals surface area contributed by atoms with E-state index >= 15 is 0 Å². The maximum absolute atomic E-state index is 13.5. The van der Waals surface area contributed by atoms with Gasteiger partial charge < -0.3 is 9.15 Å². The smallest absolute Gasteiger partial charge is 0.297 e. The molecule has 0 radical (unpaired) electrons. The molecule has 0 bridgehead atoms. The van der Waals surface area contributed by atoms with Crippen molar-refractivity contribution >= 4 is 49.3 Å². The van der Waals surface area contributed by atoms with Crippen LogP contribution in [0.2, 0.25) is 0 Å². The van der Waals surface area contributed by atoms with E-state index in [1.54, 1.807) is 18.2 Å². The highest BCUT2D eigenvalue weighted by molar-refractivity contribution is 9.10. The summed E-state index contributed by atoms with van der Waals surface area (Å²) in [5.41, 5.74) is 1.13. The Hall–Kier alpha value is -3.04. The molecule has 2 aromatic carbocycles. The van der Waals surface area contributed by atoms with Gasteiger partial charge in [-0.05, 0) is 36.8 Å². The van der Waals surface area contributed by atoms with E-state index < -0.39 is 11.9 Å². The third kappa shape index (κ3) is 2.85. The summed E-state index contributed by atoms with van der Waals surface area (Å²) in [6.45, 7) is 1.81. The molecule has 9 heteroatoms. The van der Waals surface area contributed by atoms with Crippen LogP contribution in [-0.4, -0.2) is 23.2 Å². The largest absolute Gasteiger partial charge is 0.497 e. The van der Waals surface area contributed by atoms with Gasteiger partial charge in [0.1, 0.15) is 16.3 Å². The van der Waals surface area contributed by atoms with Crippen LogP contribution in [0, 0.1) is 6.92 Å². The van der Waals surface area contributed by atoms with Gasteiger partial charge in [0, 0.05) is 10.5 Å². The number of rotatable bonds is 3. The molecule has 0 unspecified atom stereocenters. The van der Waals surface area contributed by atoms with Crippen LogP contribution in [0.4, 0.5) is 5.13 Å². The van der Waals surface area contributed by atoms with E-state index in [-0.39, 0.29) is 11.2 Å². The molecule has 1 aliphatic heterocycles. The van der Waals surface area contributed by atoms with Gasteiger partial charge in [-0.2, -0.15) is 0 Å². The second kappa shape index (κ2) is 7.03. The lowest BCUT2D eigenvalue weighted by molar-refractivity contribution is 0.0970. The fourth-order valence-corrected chi connectivity index (χ4v) is 4.60. The predicted molar refractivity (Wildman–Crippen MR) is 116 cm³/mol. The van der Waals surface area contributed by atoms with E-state index in [9.17, 15) is 9.59 Å². The van der Waals surface area contributed by atoms with Crippen molar-refractivity contribution in [3.05, 3.63) is 79.1 Å². The van der Waals surface area contributed by atoms with E-state index in [1.165, 1.54) is 23.3 Å². The number of carbonyl (C=O) groups is 1. The van der Waals surface area contributed by atoms with Gasteiger partial charge in [0.05, 0.1) is 24.1 Å². The van der Waals surface area contributed by atoms with Gasteiger partial charge in [0.2, 0.25) is 10.9 Å². The molecule has 0 fully saturated rings. The second-order valence-corrected chi connectivity index (χ2v) is 8.84. The van der Waals surface area contributed by atoms with E-state index in [4.69, 9.17) is 9.15 Å². The number of aromatic nitrogens is 2. The first kappa shape index (κ1) is 19.0. The minimum Gasteiger partial charge on any atom is -0.497 e. The number of halogens is 1. The number of hydrogen-bond donors (Lipinski definition) is 0. The number of hydrogen-bond acceptors (Lipinski definition) is 7. The maximum Gasteiger partial charge on any atom is 0.297 e. The molecule has 30 heavy (non-hydrogen) atoms. The summed E-state index contributed by atoms with van der Waals surface area (Å²) < 4.78 is 12.1. The summed E-state index contributed by atoms with van der Waals surface area (Å²) in [5.74, 6) is 0.134. The van der Waals surface area contributed by atoms with Crippen molar-refractivity contribution in [3.8, 4) is 5.75 Å². The Morgan fingerprint density at radius 3 is 2.57 bits per heavy atom. The third-order valence-corrected chi connectivity index (χ3v) is 6.35. The van der Waals surface area contributed by atoms with Gasteiger partial charge in [-0.3, -0.25) is 14.5 Å². The topological polar surface area (TPSA) is 85.5 Å². The maximum atomic E-state index is 13.5. The van der Waals surface area contributed by atoms with Gasteiger partial charge in [-0.15, -0.1) is 10.2 Å². The molecule has 2 aromatic heterocycles. The first-order valence-corrected chi connectivity index (χ1v) is 10.6. The Kier molecular flexibility index (Phi) is 4.44. The van der Waals surface area contributed by atoms with Gasteiger partial charge in [0.15, 0.2) is 5.43 Å². The number of amides is 1. The minimum absolute atomic E-state index is 0.0153. The van der Waals surface area contributed by atoms with Crippen molar-refractivity contribution in [1.82, 2.24) is 10.2 Å². The standard InChI is InChI=1S/C21H14BrN3O4S/c1-10-23-24-21(30-10)25-17(11-3-5-12(22)6-4-11)16-18(26)14-8-7-13(28-2)9-15(14)29-19(16)20(25)27/h3-9,17H,1-2H3/t17-/m1/s1. The molecule has 1 amide bonds. The summed E-state index contributed by atoms with van der Waals surface area (Å²) in [6.07, 6.45) is 0. The average molecular weight is 484 g/mol. The number of fused-ring (bicyclic) bond motifs is 2. The first-order valence-electron chi connectivity index (χ1n) is 9.02.